The van der Waals surface area contributed by atoms with Gasteiger partial charge in [-0.3, -0.25) is 0 Å². The van der Waals surface area contributed by atoms with Gasteiger partial charge in [-0.1, -0.05) is 0 Å². The summed E-state index contributed by atoms with van der Waals surface area (Å²) >= 11 is 3.50. The second-order valence-corrected chi connectivity index (χ2v) is 7.45. The van der Waals surface area contributed by atoms with Crippen molar-refractivity contribution in [2.45, 2.75) is 32.7 Å². The quantitative estimate of drug-likeness (QED) is 0.564. The number of halogens is 1. The minimum absolute atomic E-state index is 0.0249. The van der Waals surface area contributed by atoms with Gasteiger partial charge in [-0.05, 0) is 54.4 Å². The lowest BCUT2D eigenvalue weighted by molar-refractivity contribution is -0.137. The number of methoxy groups -OCH3 is 3. The van der Waals surface area contributed by atoms with Gasteiger partial charge in [0, 0.05) is 18.4 Å². The molecule has 158 valence electrons. The predicted molar refractivity (Wildman–Crippen MR) is 112 cm³/mol. The van der Waals surface area contributed by atoms with Gasteiger partial charge in [0.2, 0.25) is 0 Å². The molecule has 0 fully saturated rings. The van der Waals surface area contributed by atoms with Gasteiger partial charge in [0.05, 0.1) is 49.5 Å². The van der Waals surface area contributed by atoms with Gasteiger partial charge in [-0.15, -0.1) is 0 Å². The fourth-order valence-corrected chi connectivity index (χ4v) is 3.67. The molecule has 2 rings (SSSR count). The predicted octanol–water partition coefficient (Wildman–Crippen LogP) is 3.78. The first-order valence-corrected chi connectivity index (χ1v) is 9.95. The third-order valence-electron chi connectivity index (χ3n) is 4.51. The van der Waals surface area contributed by atoms with E-state index >= 15 is 0 Å². The van der Waals surface area contributed by atoms with E-state index in [-0.39, 0.29) is 6.04 Å². The molecular weight excluding hydrogens is 442 g/mol. The molecule has 0 aliphatic carbocycles. The summed E-state index contributed by atoms with van der Waals surface area (Å²) in [7, 11) is 4.15. The smallest absolute Gasteiger partial charge is 0.336 e. The van der Waals surface area contributed by atoms with Crippen LogP contribution in [0.25, 0.3) is 0 Å². The summed E-state index contributed by atoms with van der Waals surface area (Å²) < 4.78 is 21.8. The van der Waals surface area contributed by atoms with E-state index in [9.17, 15) is 9.59 Å². The van der Waals surface area contributed by atoms with Crippen LogP contribution in [-0.4, -0.2) is 50.8 Å². The molecule has 0 spiro atoms. The zero-order valence-corrected chi connectivity index (χ0v) is 19.0. The Hall–Kier alpha value is -2.48. The Bertz CT molecular complexity index is 812. The van der Waals surface area contributed by atoms with E-state index in [1.807, 2.05) is 20.8 Å². The molecule has 1 aromatic carbocycles. The molecule has 0 unspecified atom stereocenters. The van der Waals surface area contributed by atoms with E-state index in [0.29, 0.717) is 39.3 Å². The third-order valence-corrected chi connectivity index (χ3v) is 5.10. The molecule has 0 N–H and O–H groups in total. The topological polar surface area (TPSA) is 74.3 Å². The number of carbonyl (C=O) groups is 2. The van der Waals surface area contributed by atoms with Crippen LogP contribution in [-0.2, 0) is 19.1 Å². The maximum absolute atomic E-state index is 12.6. The minimum Gasteiger partial charge on any atom is -0.493 e. The van der Waals surface area contributed by atoms with E-state index in [4.69, 9.17) is 18.9 Å². The second-order valence-electron chi connectivity index (χ2n) is 6.59. The standard InChI is InChI=1S/C21H26BrNO6/c1-7-29-19-16(22)8-13(9-17(19)26-4)18-14(20(24)27-5)10-23(12(2)3)11-15(18)21(25)28-6/h8-12,18H,7H2,1-6H3. The van der Waals surface area contributed by atoms with Gasteiger partial charge in [0.15, 0.2) is 11.5 Å². The summed E-state index contributed by atoms with van der Waals surface area (Å²) in [5.74, 6) is -0.717. The highest BCUT2D eigenvalue weighted by Gasteiger charge is 2.36. The molecule has 0 radical (unpaired) electrons. The molecule has 0 atom stereocenters. The molecule has 29 heavy (non-hydrogen) atoms. The summed E-state index contributed by atoms with van der Waals surface area (Å²) in [5.41, 5.74) is 1.30. The molecule has 7 nitrogen and oxygen atoms in total. The molecule has 1 aliphatic rings. The summed E-state index contributed by atoms with van der Waals surface area (Å²) in [5, 5.41) is 0. The minimum atomic E-state index is -0.689. The van der Waals surface area contributed by atoms with Crippen molar-refractivity contribution in [3.8, 4) is 11.5 Å². The average molecular weight is 468 g/mol. The SMILES string of the molecule is CCOc1c(Br)cc(C2C(C(=O)OC)=CN(C(C)C)C=C2C(=O)OC)cc1OC. The van der Waals surface area contributed by atoms with Crippen molar-refractivity contribution in [1.82, 2.24) is 4.90 Å². The van der Waals surface area contributed by atoms with Crippen molar-refractivity contribution in [3.05, 3.63) is 45.7 Å². The monoisotopic (exact) mass is 467 g/mol. The number of esters is 2. The summed E-state index contributed by atoms with van der Waals surface area (Å²) in [6.07, 6.45) is 3.40. The van der Waals surface area contributed by atoms with Crippen molar-refractivity contribution >= 4 is 27.9 Å². The largest absolute Gasteiger partial charge is 0.493 e. The fourth-order valence-electron chi connectivity index (χ4n) is 3.10. The average Bonchev–Trinajstić information content (AvgIpc) is 2.72. The summed E-state index contributed by atoms with van der Waals surface area (Å²) in [6, 6.07) is 3.58. The third kappa shape index (κ3) is 4.75. The first-order valence-electron chi connectivity index (χ1n) is 9.16. The Morgan fingerprint density at radius 3 is 2.03 bits per heavy atom. The molecule has 8 heteroatoms. The fraction of sp³-hybridized carbons (Fsp3) is 0.429. The molecule has 0 saturated heterocycles. The first-order chi connectivity index (χ1) is 13.8. The van der Waals surface area contributed by atoms with Crippen molar-refractivity contribution < 1.29 is 28.5 Å². The molecule has 1 aliphatic heterocycles. The van der Waals surface area contributed by atoms with E-state index < -0.39 is 17.9 Å². The molecular formula is C21H26BrNO6. The van der Waals surface area contributed by atoms with Crippen LogP contribution in [0.2, 0.25) is 0 Å². The number of rotatable bonds is 7. The van der Waals surface area contributed by atoms with Gasteiger partial charge in [0.1, 0.15) is 0 Å². The Labute approximate surface area is 179 Å². The number of hydrogen-bond donors (Lipinski definition) is 0. The van der Waals surface area contributed by atoms with Gasteiger partial charge in [-0.25, -0.2) is 9.59 Å². The zero-order valence-electron chi connectivity index (χ0n) is 17.4. The first kappa shape index (κ1) is 22.8. The van der Waals surface area contributed by atoms with Gasteiger partial charge >= 0.3 is 11.9 Å². The van der Waals surface area contributed by atoms with Gasteiger partial charge in [0.25, 0.3) is 0 Å². The lowest BCUT2D eigenvalue weighted by Gasteiger charge is -2.32. The van der Waals surface area contributed by atoms with Crippen molar-refractivity contribution in [3.63, 3.8) is 0 Å². The van der Waals surface area contributed by atoms with Crippen molar-refractivity contribution in [2.75, 3.05) is 27.9 Å². The summed E-state index contributed by atoms with van der Waals surface area (Å²) in [4.78, 5) is 27.0. The van der Waals surface area contributed by atoms with Crippen LogP contribution in [0.4, 0.5) is 0 Å². The van der Waals surface area contributed by atoms with E-state index in [1.54, 1.807) is 29.4 Å². The van der Waals surface area contributed by atoms with Crippen LogP contribution in [0.5, 0.6) is 11.5 Å². The van der Waals surface area contributed by atoms with Crippen LogP contribution < -0.4 is 9.47 Å². The molecule has 0 bridgehead atoms. The molecule has 1 heterocycles. The van der Waals surface area contributed by atoms with Gasteiger partial charge < -0.3 is 23.8 Å². The van der Waals surface area contributed by atoms with E-state index in [0.717, 1.165) is 0 Å². The molecule has 0 amide bonds. The number of nitrogens with zero attached hydrogens (tertiary/aromatic N) is 1. The number of ether oxygens (including phenoxy) is 4. The van der Waals surface area contributed by atoms with Crippen LogP contribution in [0.15, 0.2) is 40.2 Å². The number of hydrogen-bond acceptors (Lipinski definition) is 7. The lowest BCUT2D eigenvalue weighted by atomic mass is 9.83. The second kappa shape index (κ2) is 9.82. The van der Waals surface area contributed by atoms with E-state index in [2.05, 4.69) is 15.9 Å². The maximum Gasteiger partial charge on any atom is 0.336 e. The highest BCUT2D eigenvalue weighted by atomic mass is 79.9. The van der Waals surface area contributed by atoms with Crippen LogP contribution in [0, 0.1) is 0 Å². The molecule has 0 saturated carbocycles. The highest BCUT2D eigenvalue weighted by Crippen LogP contribution is 2.44. The number of carbonyl (C=O) groups excluding carboxylic acids is 2. The lowest BCUT2D eigenvalue weighted by Crippen LogP contribution is -2.31. The Morgan fingerprint density at radius 1 is 1.07 bits per heavy atom. The van der Waals surface area contributed by atoms with Crippen LogP contribution in [0.3, 0.4) is 0 Å². The Balaban J connectivity index is 2.71. The van der Waals surface area contributed by atoms with Crippen molar-refractivity contribution in [1.29, 1.82) is 0 Å². The van der Waals surface area contributed by atoms with Crippen LogP contribution in [0.1, 0.15) is 32.3 Å². The van der Waals surface area contributed by atoms with E-state index in [1.165, 1.54) is 21.3 Å². The van der Waals surface area contributed by atoms with Crippen molar-refractivity contribution in [2.24, 2.45) is 0 Å². The Morgan fingerprint density at radius 2 is 1.62 bits per heavy atom. The van der Waals surface area contributed by atoms with Crippen LogP contribution >= 0.6 is 15.9 Å². The Kier molecular flexibility index (Phi) is 7.73. The molecule has 1 aromatic rings. The molecule has 0 aromatic heterocycles. The highest BCUT2D eigenvalue weighted by molar-refractivity contribution is 9.10. The van der Waals surface area contributed by atoms with Gasteiger partial charge in [-0.2, -0.15) is 0 Å². The normalized spacial score (nSPS) is 14.3. The zero-order chi connectivity index (χ0) is 21.7. The maximum atomic E-state index is 12.6. The number of benzene rings is 1. The summed E-state index contributed by atoms with van der Waals surface area (Å²) in [6.45, 7) is 6.24.